The third-order valence-electron chi connectivity index (χ3n) is 4.27. The summed E-state index contributed by atoms with van der Waals surface area (Å²) < 4.78 is 32.5. The summed E-state index contributed by atoms with van der Waals surface area (Å²) in [6.07, 6.45) is 2.38. The zero-order valence-electron chi connectivity index (χ0n) is 14.6. The second kappa shape index (κ2) is 7.78. The molecule has 1 aliphatic heterocycles. The Bertz CT molecular complexity index is 855. The molecule has 0 radical (unpaired) electrons. The van der Waals surface area contributed by atoms with Crippen LogP contribution < -0.4 is 9.62 Å². The van der Waals surface area contributed by atoms with E-state index in [4.69, 9.17) is 4.74 Å². The molecule has 0 saturated carbocycles. The summed E-state index contributed by atoms with van der Waals surface area (Å²) in [5.41, 5.74) is 1.92. The van der Waals surface area contributed by atoms with Crippen molar-refractivity contribution in [1.29, 1.82) is 0 Å². The van der Waals surface area contributed by atoms with E-state index in [9.17, 15) is 13.2 Å². The smallest absolute Gasteiger partial charge is 0.338 e. The first-order valence-electron chi connectivity index (χ1n) is 8.64. The van der Waals surface area contributed by atoms with Gasteiger partial charge in [0, 0.05) is 24.5 Å². The Morgan fingerprint density at radius 3 is 2.23 bits per heavy atom. The SMILES string of the molecule is CCOC(=O)c1ccc(S(=O)(=O)Nc2ccc(N3CCCC3)cc2)cc1. The second-order valence-electron chi connectivity index (χ2n) is 6.09. The molecule has 0 atom stereocenters. The lowest BCUT2D eigenvalue weighted by Gasteiger charge is -2.18. The van der Waals surface area contributed by atoms with Gasteiger partial charge in [0.05, 0.1) is 17.1 Å². The van der Waals surface area contributed by atoms with Gasteiger partial charge in [-0.2, -0.15) is 0 Å². The van der Waals surface area contributed by atoms with Crippen molar-refractivity contribution < 1.29 is 17.9 Å². The van der Waals surface area contributed by atoms with Crippen LogP contribution in [0.1, 0.15) is 30.1 Å². The van der Waals surface area contributed by atoms with E-state index in [-0.39, 0.29) is 11.5 Å². The van der Waals surface area contributed by atoms with E-state index in [1.807, 2.05) is 12.1 Å². The lowest BCUT2D eigenvalue weighted by Crippen LogP contribution is -2.17. The number of sulfonamides is 1. The Balaban J connectivity index is 1.71. The summed E-state index contributed by atoms with van der Waals surface area (Å²) in [5, 5.41) is 0. The van der Waals surface area contributed by atoms with Crippen LogP contribution >= 0.6 is 0 Å². The summed E-state index contributed by atoms with van der Waals surface area (Å²) in [4.78, 5) is 14.0. The predicted molar refractivity (Wildman–Crippen MR) is 101 cm³/mol. The highest BCUT2D eigenvalue weighted by Crippen LogP contribution is 2.23. The summed E-state index contributed by atoms with van der Waals surface area (Å²) in [6, 6.07) is 13.1. The van der Waals surface area contributed by atoms with Crippen molar-refractivity contribution in [2.45, 2.75) is 24.7 Å². The Morgan fingerprint density at radius 1 is 1.04 bits per heavy atom. The molecule has 0 unspecified atom stereocenters. The van der Waals surface area contributed by atoms with Gasteiger partial charge in [-0.3, -0.25) is 4.72 Å². The van der Waals surface area contributed by atoms with E-state index in [0.29, 0.717) is 11.3 Å². The molecule has 2 aromatic rings. The number of carbonyl (C=O) groups excluding carboxylic acids is 1. The molecule has 0 bridgehead atoms. The maximum Gasteiger partial charge on any atom is 0.338 e. The Hall–Kier alpha value is -2.54. The lowest BCUT2D eigenvalue weighted by atomic mass is 10.2. The normalized spacial score (nSPS) is 14.3. The van der Waals surface area contributed by atoms with Gasteiger partial charge >= 0.3 is 5.97 Å². The van der Waals surface area contributed by atoms with Crippen LogP contribution in [0.2, 0.25) is 0 Å². The minimum atomic E-state index is -3.72. The van der Waals surface area contributed by atoms with Gasteiger partial charge in [-0.15, -0.1) is 0 Å². The van der Waals surface area contributed by atoms with Crippen molar-refractivity contribution in [1.82, 2.24) is 0 Å². The van der Waals surface area contributed by atoms with Crippen LogP contribution in [0, 0.1) is 0 Å². The minimum Gasteiger partial charge on any atom is -0.462 e. The first-order valence-corrected chi connectivity index (χ1v) is 10.1. The average Bonchev–Trinajstić information content (AvgIpc) is 3.17. The number of carbonyl (C=O) groups is 1. The number of ether oxygens (including phenoxy) is 1. The minimum absolute atomic E-state index is 0.0918. The van der Waals surface area contributed by atoms with Gasteiger partial charge in [-0.25, -0.2) is 13.2 Å². The van der Waals surface area contributed by atoms with Crippen LogP contribution in [0.3, 0.4) is 0 Å². The summed E-state index contributed by atoms with van der Waals surface area (Å²) in [7, 11) is -3.72. The largest absolute Gasteiger partial charge is 0.462 e. The Kier molecular flexibility index (Phi) is 5.46. The molecule has 1 heterocycles. The van der Waals surface area contributed by atoms with Crippen molar-refractivity contribution in [2.24, 2.45) is 0 Å². The van der Waals surface area contributed by atoms with Crippen molar-refractivity contribution >= 4 is 27.4 Å². The maximum absolute atomic E-state index is 12.5. The van der Waals surface area contributed by atoms with Crippen LogP contribution in [-0.2, 0) is 14.8 Å². The van der Waals surface area contributed by atoms with E-state index < -0.39 is 16.0 Å². The molecule has 0 aliphatic carbocycles. The molecule has 138 valence electrons. The molecule has 0 amide bonds. The first-order chi connectivity index (χ1) is 12.5. The Morgan fingerprint density at radius 2 is 1.65 bits per heavy atom. The average molecular weight is 374 g/mol. The standard InChI is InChI=1S/C19H22N2O4S/c1-2-25-19(22)15-5-11-18(12-6-15)26(23,24)20-16-7-9-17(10-8-16)21-13-3-4-14-21/h5-12,20H,2-4,13-14H2,1H3. The molecular weight excluding hydrogens is 352 g/mol. The van der Waals surface area contributed by atoms with E-state index >= 15 is 0 Å². The molecule has 2 aromatic carbocycles. The maximum atomic E-state index is 12.5. The molecule has 1 saturated heterocycles. The molecular formula is C19H22N2O4S. The van der Waals surface area contributed by atoms with Gasteiger partial charge in [-0.1, -0.05) is 0 Å². The lowest BCUT2D eigenvalue weighted by molar-refractivity contribution is 0.0526. The van der Waals surface area contributed by atoms with E-state index in [0.717, 1.165) is 18.8 Å². The highest BCUT2D eigenvalue weighted by molar-refractivity contribution is 7.92. The number of nitrogens with one attached hydrogen (secondary N) is 1. The molecule has 3 rings (SSSR count). The fourth-order valence-electron chi connectivity index (χ4n) is 2.91. The quantitative estimate of drug-likeness (QED) is 0.786. The van der Waals surface area contributed by atoms with E-state index in [1.165, 1.54) is 37.1 Å². The van der Waals surface area contributed by atoms with Gasteiger partial charge in [0.1, 0.15) is 0 Å². The van der Waals surface area contributed by atoms with Gasteiger partial charge in [0.15, 0.2) is 0 Å². The van der Waals surface area contributed by atoms with Crippen LogP contribution in [0.15, 0.2) is 53.4 Å². The number of hydrogen-bond acceptors (Lipinski definition) is 5. The second-order valence-corrected chi connectivity index (χ2v) is 7.77. The van der Waals surface area contributed by atoms with E-state index in [1.54, 1.807) is 19.1 Å². The molecule has 0 spiro atoms. The summed E-state index contributed by atoms with van der Waals surface area (Å²) in [6.45, 7) is 4.07. The highest BCUT2D eigenvalue weighted by Gasteiger charge is 2.16. The summed E-state index contributed by atoms with van der Waals surface area (Å²) in [5.74, 6) is -0.470. The number of anilines is 2. The molecule has 26 heavy (non-hydrogen) atoms. The van der Waals surface area contributed by atoms with Gasteiger partial charge in [0.2, 0.25) is 0 Å². The molecule has 6 nitrogen and oxygen atoms in total. The summed E-state index contributed by atoms with van der Waals surface area (Å²) >= 11 is 0. The van der Waals surface area contributed by atoms with Crippen LogP contribution in [-0.4, -0.2) is 34.1 Å². The fraction of sp³-hybridized carbons (Fsp3) is 0.316. The predicted octanol–water partition coefficient (Wildman–Crippen LogP) is 3.26. The highest BCUT2D eigenvalue weighted by atomic mass is 32.2. The van der Waals surface area contributed by atoms with Crippen LogP contribution in [0.25, 0.3) is 0 Å². The third-order valence-corrected chi connectivity index (χ3v) is 5.66. The third kappa shape index (κ3) is 4.16. The fourth-order valence-corrected chi connectivity index (χ4v) is 3.97. The Labute approximate surface area is 153 Å². The number of hydrogen-bond donors (Lipinski definition) is 1. The van der Waals surface area contributed by atoms with Crippen molar-refractivity contribution in [2.75, 3.05) is 29.3 Å². The number of rotatable bonds is 6. The van der Waals surface area contributed by atoms with Gasteiger partial charge in [-0.05, 0) is 68.3 Å². The van der Waals surface area contributed by atoms with Gasteiger partial charge < -0.3 is 9.64 Å². The topological polar surface area (TPSA) is 75.7 Å². The molecule has 7 heteroatoms. The van der Waals surface area contributed by atoms with Crippen LogP contribution in [0.5, 0.6) is 0 Å². The first kappa shape index (κ1) is 18.3. The molecule has 1 fully saturated rings. The number of nitrogens with zero attached hydrogens (tertiary/aromatic N) is 1. The zero-order chi connectivity index (χ0) is 18.6. The number of benzene rings is 2. The van der Waals surface area contributed by atoms with Crippen LogP contribution in [0.4, 0.5) is 11.4 Å². The van der Waals surface area contributed by atoms with Crippen molar-refractivity contribution in [3.8, 4) is 0 Å². The van der Waals surface area contributed by atoms with Crippen molar-refractivity contribution in [3.05, 3.63) is 54.1 Å². The zero-order valence-corrected chi connectivity index (χ0v) is 15.5. The monoisotopic (exact) mass is 374 g/mol. The molecule has 1 aliphatic rings. The molecule has 1 N–H and O–H groups in total. The number of esters is 1. The molecule has 0 aromatic heterocycles. The van der Waals surface area contributed by atoms with Crippen molar-refractivity contribution in [3.63, 3.8) is 0 Å². The van der Waals surface area contributed by atoms with Gasteiger partial charge in [0.25, 0.3) is 10.0 Å². The van der Waals surface area contributed by atoms with E-state index in [2.05, 4.69) is 9.62 Å².